The fourth-order valence-corrected chi connectivity index (χ4v) is 1.69. The van der Waals surface area contributed by atoms with Crippen LogP contribution in [0, 0.1) is 21.4 Å². The van der Waals surface area contributed by atoms with Crippen LogP contribution in [-0.2, 0) is 4.79 Å². The van der Waals surface area contributed by atoms with Gasteiger partial charge in [0, 0.05) is 30.6 Å². The minimum atomic E-state index is -0.568. The van der Waals surface area contributed by atoms with E-state index in [-0.39, 0.29) is 11.3 Å². The number of benzene rings is 1. The van der Waals surface area contributed by atoms with E-state index in [0.717, 1.165) is 13.0 Å². The summed E-state index contributed by atoms with van der Waals surface area (Å²) in [6, 6.07) is 7.21. The zero-order chi connectivity index (χ0) is 17.2. The summed E-state index contributed by atoms with van der Waals surface area (Å²) >= 11 is 0. The lowest BCUT2D eigenvalue weighted by Gasteiger charge is -2.09. The van der Waals surface area contributed by atoms with E-state index in [1.165, 1.54) is 30.5 Å². The van der Waals surface area contributed by atoms with Gasteiger partial charge in [0.15, 0.2) is 0 Å². The molecule has 0 aliphatic carbocycles. The SMILES string of the molecule is CN(C)CCCN/C=C(/C#N)C(=O)Nc1ccc([N+](=O)[O-])cc1. The third-order valence-electron chi connectivity index (χ3n) is 2.87. The van der Waals surface area contributed by atoms with E-state index in [2.05, 4.69) is 10.6 Å². The van der Waals surface area contributed by atoms with Crippen molar-refractivity contribution in [2.24, 2.45) is 0 Å². The first-order valence-electron chi connectivity index (χ1n) is 6.98. The van der Waals surface area contributed by atoms with Crippen LogP contribution in [0.5, 0.6) is 0 Å². The van der Waals surface area contributed by atoms with Crippen molar-refractivity contribution in [1.29, 1.82) is 5.26 Å². The highest BCUT2D eigenvalue weighted by Gasteiger charge is 2.10. The highest BCUT2D eigenvalue weighted by molar-refractivity contribution is 6.06. The van der Waals surface area contributed by atoms with Gasteiger partial charge in [-0.05, 0) is 39.2 Å². The highest BCUT2D eigenvalue weighted by Crippen LogP contribution is 2.15. The molecule has 0 saturated carbocycles. The average Bonchev–Trinajstić information content (AvgIpc) is 2.51. The van der Waals surface area contributed by atoms with Crippen LogP contribution < -0.4 is 10.6 Å². The molecular weight excluding hydrogens is 298 g/mol. The summed E-state index contributed by atoms with van der Waals surface area (Å²) in [7, 11) is 3.93. The lowest BCUT2D eigenvalue weighted by atomic mass is 10.2. The van der Waals surface area contributed by atoms with Gasteiger partial charge in [-0.1, -0.05) is 0 Å². The smallest absolute Gasteiger partial charge is 0.269 e. The molecule has 0 bridgehead atoms. The lowest BCUT2D eigenvalue weighted by molar-refractivity contribution is -0.384. The summed E-state index contributed by atoms with van der Waals surface area (Å²) in [4.78, 5) is 24.0. The molecule has 0 atom stereocenters. The van der Waals surface area contributed by atoms with Crippen LogP contribution >= 0.6 is 0 Å². The topological polar surface area (TPSA) is 111 Å². The standard InChI is InChI=1S/C15H19N5O3/c1-19(2)9-3-8-17-11-12(10-16)15(21)18-13-4-6-14(7-5-13)20(22)23/h4-7,11,17H,3,8-9H2,1-2H3,(H,18,21)/b12-11-. The zero-order valence-electron chi connectivity index (χ0n) is 13.1. The minimum Gasteiger partial charge on any atom is -0.390 e. The summed E-state index contributed by atoms with van der Waals surface area (Å²) in [5.41, 5.74) is 0.254. The molecule has 1 aromatic carbocycles. The highest BCUT2D eigenvalue weighted by atomic mass is 16.6. The number of nitro groups is 1. The summed E-state index contributed by atoms with van der Waals surface area (Å²) < 4.78 is 0. The molecule has 23 heavy (non-hydrogen) atoms. The van der Waals surface area contributed by atoms with Crippen molar-refractivity contribution in [3.63, 3.8) is 0 Å². The third-order valence-corrected chi connectivity index (χ3v) is 2.87. The zero-order valence-corrected chi connectivity index (χ0v) is 13.1. The molecule has 1 rings (SSSR count). The van der Waals surface area contributed by atoms with Gasteiger partial charge in [0.1, 0.15) is 11.6 Å². The van der Waals surface area contributed by atoms with Crippen LogP contribution in [-0.4, -0.2) is 42.9 Å². The van der Waals surface area contributed by atoms with Crippen molar-refractivity contribution < 1.29 is 9.72 Å². The average molecular weight is 317 g/mol. The second-order valence-corrected chi connectivity index (χ2v) is 5.04. The van der Waals surface area contributed by atoms with Crippen LogP contribution in [0.1, 0.15) is 6.42 Å². The summed E-state index contributed by atoms with van der Waals surface area (Å²) in [5, 5.41) is 25.0. The predicted molar refractivity (Wildman–Crippen MR) is 86.6 cm³/mol. The molecule has 0 unspecified atom stereocenters. The van der Waals surface area contributed by atoms with E-state index in [4.69, 9.17) is 5.26 Å². The minimum absolute atomic E-state index is 0.0618. The van der Waals surface area contributed by atoms with Crippen LogP contribution in [0.25, 0.3) is 0 Å². The largest absolute Gasteiger partial charge is 0.390 e. The number of carbonyl (C=O) groups excluding carboxylic acids is 1. The molecule has 122 valence electrons. The van der Waals surface area contributed by atoms with Gasteiger partial charge < -0.3 is 15.5 Å². The molecular formula is C15H19N5O3. The summed E-state index contributed by atoms with van der Waals surface area (Å²) in [6.07, 6.45) is 2.25. The molecule has 0 spiro atoms. The van der Waals surface area contributed by atoms with Crippen LogP contribution in [0.2, 0.25) is 0 Å². The van der Waals surface area contributed by atoms with Crippen molar-refractivity contribution >= 4 is 17.3 Å². The van der Waals surface area contributed by atoms with E-state index in [9.17, 15) is 14.9 Å². The second kappa shape index (κ2) is 9.17. The Morgan fingerprint density at radius 3 is 2.57 bits per heavy atom. The first-order chi connectivity index (χ1) is 10.9. The van der Waals surface area contributed by atoms with E-state index >= 15 is 0 Å². The molecule has 2 N–H and O–H groups in total. The number of carbonyl (C=O) groups is 1. The van der Waals surface area contributed by atoms with Crippen molar-refractivity contribution in [3.8, 4) is 6.07 Å². The Morgan fingerprint density at radius 1 is 1.39 bits per heavy atom. The van der Waals surface area contributed by atoms with Crippen molar-refractivity contribution in [2.75, 3.05) is 32.5 Å². The number of hydrogen-bond acceptors (Lipinski definition) is 6. The summed E-state index contributed by atoms with van der Waals surface area (Å²) in [5.74, 6) is -0.568. The molecule has 0 radical (unpaired) electrons. The number of rotatable bonds is 8. The van der Waals surface area contributed by atoms with E-state index in [0.29, 0.717) is 12.2 Å². The first kappa shape index (κ1) is 18.1. The number of hydrogen-bond donors (Lipinski definition) is 2. The molecule has 1 amide bonds. The molecule has 0 aliphatic rings. The molecule has 0 aliphatic heterocycles. The van der Waals surface area contributed by atoms with Crippen molar-refractivity contribution in [3.05, 3.63) is 46.2 Å². The number of nitrogens with zero attached hydrogens (tertiary/aromatic N) is 3. The Labute approximate surface area is 134 Å². The number of nitrogens with one attached hydrogen (secondary N) is 2. The van der Waals surface area contributed by atoms with Gasteiger partial charge in [0.2, 0.25) is 0 Å². The van der Waals surface area contributed by atoms with Crippen molar-refractivity contribution in [1.82, 2.24) is 10.2 Å². The Morgan fingerprint density at radius 2 is 2.04 bits per heavy atom. The van der Waals surface area contributed by atoms with Gasteiger partial charge in [-0.25, -0.2) is 0 Å². The maximum Gasteiger partial charge on any atom is 0.269 e. The number of amides is 1. The molecule has 0 aromatic heterocycles. The molecule has 0 saturated heterocycles. The van der Waals surface area contributed by atoms with Crippen LogP contribution in [0.4, 0.5) is 11.4 Å². The summed E-state index contributed by atoms with van der Waals surface area (Å²) in [6.45, 7) is 1.55. The van der Waals surface area contributed by atoms with E-state index in [1.807, 2.05) is 25.1 Å². The van der Waals surface area contributed by atoms with Gasteiger partial charge in [-0.3, -0.25) is 14.9 Å². The molecule has 1 aromatic rings. The Hall–Kier alpha value is -2.92. The fraction of sp³-hybridized carbons (Fsp3) is 0.333. The molecule has 8 heteroatoms. The third kappa shape index (κ3) is 6.58. The maximum absolute atomic E-state index is 12.0. The van der Waals surface area contributed by atoms with E-state index in [1.54, 1.807) is 0 Å². The quantitative estimate of drug-likeness (QED) is 0.247. The predicted octanol–water partition coefficient (Wildman–Crippen LogP) is 1.48. The fourth-order valence-electron chi connectivity index (χ4n) is 1.69. The van der Waals surface area contributed by atoms with Gasteiger partial charge >= 0.3 is 0 Å². The first-order valence-corrected chi connectivity index (χ1v) is 6.98. The number of non-ortho nitro benzene ring substituents is 1. The Balaban J connectivity index is 2.56. The number of nitriles is 1. The van der Waals surface area contributed by atoms with E-state index < -0.39 is 10.8 Å². The molecule has 0 fully saturated rings. The Kier molecular flexibility index (Phi) is 7.23. The monoisotopic (exact) mass is 317 g/mol. The van der Waals surface area contributed by atoms with Gasteiger partial charge in [-0.15, -0.1) is 0 Å². The second-order valence-electron chi connectivity index (χ2n) is 5.04. The van der Waals surface area contributed by atoms with Crippen LogP contribution in [0.15, 0.2) is 36.0 Å². The maximum atomic E-state index is 12.0. The number of nitro benzene ring substituents is 1. The molecule has 8 nitrogen and oxygen atoms in total. The number of anilines is 1. The lowest BCUT2D eigenvalue weighted by Crippen LogP contribution is -2.20. The normalized spacial score (nSPS) is 11.0. The van der Waals surface area contributed by atoms with Gasteiger partial charge in [0.05, 0.1) is 4.92 Å². The molecule has 0 heterocycles. The van der Waals surface area contributed by atoms with Gasteiger partial charge in [-0.2, -0.15) is 5.26 Å². The Bertz CT molecular complexity index is 617. The van der Waals surface area contributed by atoms with Crippen LogP contribution in [0.3, 0.4) is 0 Å². The van der Waals surface area contributed by atoms with Gasteiger partial charge in [0.25, 0.3) is 11.6 Å². The van der Waals surface area contributed by atoms with Crippen molar-refractivity contribution in [2.45, 2.75) is 6.42 Å².